The summed E-state index contributed by atoms with van der Waals surface area (Å²) in [6.45, 7) is 0. The maximum atomic E-state index is 12.9. The fourth-order valence-electron chi connectivity index (χ4n) is 3.05. The zero-order valence-electron chi connectivity index (χ0n) is 13.9. The highest BCUT2D eigenvalue weighted by Gasteiger charge is 2.40. The van der Waals surface area contributed by atoms with Gasteiger partial charge in [-0.2, -0.15) is 0 Å². The monoisotopic (exact) mass is 340 g/mol. The molecule has 2 amide bonds. The Labute approximate surface area is 151 Å². The zero-order valence-corrected chi connectivity index (χ0v) is 13.9. The largest absolute Gasteiger partial charge is 0.268 e. The Hall–Kier alpha value is -3.53. The summed E-state index contributed by atoms with van der Waals surface area (Å²) in [6, 6.07) is 25.9. The van der Waals surface area contributed by atoms with Gasteiger partial charge in [0, 0.05) is 6.21 Å². The average Bonchev–Trinajstić information content (AvgIpc) is 2.95. The van der Waals surface area contributed by atoms with Crippen LogP contribution >= 0.6 is 0 Å². The van der Waals surface area contributed by atoms with Crippen molar-refractivity contribution in [1.82, 2.24) is 4.90 Å². The van der Waals surface area contributed by atoms with E-state index in [4.69, 9.17) is 0 Å². The van der Waals surface area contributed by atoms with Crippen molar-refractivity contribution in [2.75, 3.05) is 0 Å². The maximum absolute atomic E-state index is 12.9. The van der Waals surface area contributed by atoms with E-state index < -0.39 is 6.17 Å². The lowest BCUT2D eigenvalue weighted by molar-refractivity contribution is 0.0588. The smallest absolute Gasteiger partial charge is 0.263 e. The molecule has 0 saturated heterocycles. The minimum absolute atomic E-state index is 0.315. The quantitative estimate of drug-likeness (QED) is 0.530. The molecule has 0 fully saturated rings. The standard InChI is InChI=1S/C22H16N2O2/c25-21-18-13-7-8-14-19(18)22(26)24(21)20(17-11-5-2-6-12-17)23-15-16-9-3-1-4-10-16/h1-15,20H/b23-15+. The fourth-order valence-corrected chi connectivity index (χ4v) is 3.05. The number of nitrogens with zero attached hydrogens (tertiary/aromatic N) is 2. The van der Waals surface area contributed by atoms with Crippen LogP contribution in [-0.2, 0) is 0 Å². The van der Waals surface area contributed by atoms with Crippen molar-refractivity contribution >= 4 is 18.0 Å². The highest BCUT2D eigenvalue weighted by Crippen LogP contribution is 2.32. The number of fused-ring (bicyclic) bond motifs is 1. The Balaban J connectivity index is 1.76. The van der Waals surface area contributed by atoms with Crippen molar-refractivity contribution in [3.8, 4) is 0 Å². The van der Waals surface area contributed by atoms with Gasteiger partial charge in [-0.25, -0.2) is 4.90 Å². The van der Waals surface area contributed by atoms with Crippen molar-refractivity contribution in [2.45, 2.75) is 6.17 Å². The molecule has 0 spiro atoms. The molecule has 3 aromatic rings. The Morgan fingerprint density at radius 2 is 1.19 bits per heavy atom. The molecule has 0 aliphatic carbocycles. The zero-order chi connectivity index (χ0) is 17.9. The van der Waals surface area contributed by atoms with Crippen molar-refractivity contribution in [3.05, 3.63) is 107 Å². The van der Waals surface area contributed by atoms with Crippen LogP contribution in [0.1, 0.15) is 38.0 Å². The van der Waals surface area contributed by atoms with Crippen molar-refractivity contribution in [1.29, 1.82) is 0 Å². The molecule has 0 aromatic heterocycles. The number of amides is 2. The molecule has 26 heavy (non-hydrogen) atoms. The van der Waals surface area contributed by atoms with Crippen LogP contribution < -0.4 is 0 Å². The lowest BCUT2D eigenvalue weighted by atomic mass is 10.1. The van der Waals surface area contributed by atoms with Gasteiger partial charge in [-0.3, -0.25) is 14.6 Å². The van der Waals surface area contributed by atoms with Gasteiger partial charge in [0.05, 0.1) is 11.1 Å². The minimum Gasteiger partial charge on any atom is -0.268 e. The van der Waals surface area contributed by atoms with Crippen LogP contribution in [0.4, 0.5) is 0 Å². The molecule has 1 aliphatic heterocycles. The second-order valence-electron chi connectivity index (χ2n) is 6.00. The van der Waals surface area contributed by atoms with E-state index in [1.165, 1.54) is 4.90 Å². The summed E-state index contributed by atoms with van der Waals surface area (Å²) in [5.41, 5.74) is 2.54. The molecule has 1 aliphatic rings. The van der Waals surface area contributed by atoms with E-state index in [2.05, 4.69) is 4.99 Å². The van der Waals surface area contributed by atoms with Gasteiger partial charge in [0.15, 0.2) is 6.17 Å². The molecule has 0 radical (unpaired) electrons. The van der Waals surface area contributed by atoms with Gasteiger partial charge in [-0.15, -0.1) is 0 Å². The predicted molar refractivity (Wildman–Crippen MR) is 100 cm³/mol. The topological polar surface area (TPSA) is 49.7 Å². The highest BCUT2D eigenvalue weighted by atomic mass is 16.2. The first kappa shape index (κ1) is 16.0. The lowest BCUT2D eigenvalue weighted by Crippen LogP contribution is -2.33. The highest BCUT2D eigenvalue weighted by molar-refractivity contribution is 6.21. The van der Waals surface area contributed by atoms with Crippen LogP contribution in [0.25, 0.3) is 0 Å². The van der Waals surface area contributed by atoms with Gasteiger partial charge in [-0.1, -0.05) is 72.8 Å². The Morgan fingerprint density at radius 1 is 0.692 bits per heavy atom. The SMILES string of the molecule is O=C1c2ccccc2C(=O)N1C(/N=C/c1ccccc1)c1ccccc1. The third kappa shape index (κ3) is 2.82. The number of imide groups is 1. The maximum Gasteiger partial charge on any atom is 0.263 e. The Morgan fingerprint density at radius 3 is 1.77 bits per heavy atom. The van der Waals surface area contributed by atoms with Gasteiger partial charge < -0.3 is 0 Å². The summed E-state index contributed by atoms with van der Waals surface area (Å²) in [5, 5.41) is 0. The van der Waals surface area contributed by atoms with Gasteiger partial charge in [0.2, 0.25) is 0 Å². The Kier molecular flexibility index (Phi) is 4.15. The first-order valence-corrected chi connectivity index (χ1v) is 8.36. The normalized spacial score (nSPS) is 14.7. The second kappa shape index (κ2) is 6.76. The summed E-state index contributed by atoms with van der Waals surface area (Å²) in [7, 11) is 0. The summed E-state index contributed by atoms with van der Waals surface area (Å²) in [4.78, 5) is 31.6. The summed E-state index contributed by atoms with van der Waals surface area (Å²) in [5.74, 6) is -0.630. The van der Waals surface area contributed by atoms with E-state index in [1.54, 1.807) is 30.5 Å². The molecule has 4 heteroatoms. The number of carbonyl (C=O) groups excluding carboxylic acids is 2. The molecule has 1 heterocycles. The van der Waals surface area contributed by atoms with Crippen LogP contribution in [0.2, 0.25) is 0 Å². The Bertz CT molecular complexity index is 946. The third-order valence-corrected chi connectivity index (χ3v) is 4.33. The summed E-state index contributed by atoms with van der Waals surface area (Å²) >= 11 is 0. The van der Waals surface area contributed by atoms with Gasteiger partial charge in [-0.05, 0) is 23.3 Å². The van der Waals surface area contributed by atoms with Crippen LogP contribution in [0.5, 0.6) is 0 Å². The van der Waals surface area contributed by atoms with E-state index in [1.807, 2.05) is 60.7 Å². The molecule has 0 bridgehead atoms. The van der Waals surface area contributed by atoms with E-state index in [0.717, 1.165) is 11.1 Å². The minimum atomic E-state index is -0.705. The number of rotatable bonds is 4. The molecule has 0 N–H and O–H groups in total. The number of carbonyl (C=O) groups is 2. The molecule has 3 aromatic carbocycles. The van der Waals surface area contributed by atoms with Gasteiger partial charge >= 0.3 is 0 Å². The lowest BCUT2D eigenvalue weighted by Gasteiger charge is -2.23. The molecule has 1 unspecified atom stereocenters. The molecular formula is C22H16N2O2. The number of aliphatic imine (C=N–C) groups is 1. The van der Waals surface area contributed by atoms with Crippen LogP contribution in [-0.4, -0.2) is 22.9 Å². The fraction of sp³-hybridized carbons (Fsp3) is 0.0455. The molecule has 4 nitrogen and oxygen atoms in total. The molecule has 1 atom stereocenters. The molecular weight excluding hydrogens is 324 g/mol. The average molecular weight is 340 g/mol. The number of hydrogen-bond acceptors (Lipinski definition) is 3. The number of hydrogen-bond donors (Lipinski definition) is 0. The predicted octanol–water partition coefficient (Wildman–Crippen LogP) is 4.10. The van der Waals surface area contributed by atoms with Crippen molar-refractivity contribution < 1.29 is 9.59 Å². The van der Waals surface area contributed by atoms with E-state index in [-0.39, 0.29) is 11.8 Å². The van der Waals surface area contributed by atoms with Gasteiger partial charge in [0.1, 0.15) is 0 Å². The summed E-state index contributed by atoms with van der Waals surface area (Å²) < 4.78 is 0. The van der Waals surface area contributed by atoms with Crippen LogP contribution in [0.3, 0.4) is 0 Å². The third-order valence-electron chi connectivity index (χ3n) is 4.33. The van der Waals surface area contributed by atoms with Crippen molar-refractivity contribution in [3.63, 3.8) is 0 Å². The van der Waals surface area contributed by atoms with E-state index in [9.17, 15) is 9.59 Å². The second-order valence-corrected chi connectivity index (χ2v) is 6.00. The summed E-state index contributed by atoms with van der Waals surface area (Å²) in [6.07, 6.45) is 0.991. The van der Waals surface area contributed by atoms with Crippen LogP contribution in [0.15, 0.2) is 89.9 Å². The molecule has 0 saturated carbocycles. The number of benzene rings is 3. The van der Waals surface area contributed by atoms with Crippen molar-refractivity contribution in [2.24, 2.45) is 4.99 Å². The van der Waals surface area contributed by atoms with E-state index in [0.29, 0.717) is 11.1 Å². The first-order valence-electron chi connectivity index (χ1n) is 8.36. The molecule has 4 rings (SSSR count). The first-order chi connectivity index (χ1) is 12.8. The van der Waals surface area contributed by atoms with E-state index >= 15 is 0 Å². The molecule has 126 valence electrons. The van der Waals surface area contributed by atoms with Crippen LogP contribution in [0, 0.1) is 0 Å². The van der Waals surface area contributed by atoms with Gasteiger partial charge in [0.25, 0.3) is 11.8 Å².